The number of nitrogens with two attached hydrogens (primary N) is 1. The first-order chi connectivity index (χ1) is 7.54. The minimum Gasteiger partial charge on any atom is -0.493 e. The maximum absolute atomic E-state index is 10.6. The summed E-state index contributed by atoms with van der Waals surface area (Å²) >= 11 is 0. The minimum atomic E-state index is -0.439. The molecular formula is C11H16N2O3. The molecule has 0 bridgehead atoms. The first-order valence-electron chi connectivity index (χ1n) is 5.14. The SMILES string of the molecule is CC(C)COc1ccc([N+](=O)[O-])cc1CN. The average molecular weight is 224 g/mol. The van der Waals surface area contributed by atoms with Gasteiger partial charge in [0, 0.05) is 24.2 Å². The molecule has 0 unspecified atom stereocenters. The first-order valence-corrected chi connectivity index (χ1v) is 5.14. The molecule has 0 fully saturated rings. The van der Waals surface area contributed by atoms with E-state index in [0.717, 1.165) is 0 Å². The van der Waals surface area contributed by atoms with Crippen molar-refractivity contribution in [3.63, 3.8) is 0 Å². The van der Waals surface area contributed by atoms with Gasteiger partial charge in [0.2, 0.25) is 0 Å². The van der Waals surface area contributed by atoms with E-state index in [0.29, 0.717) is 23.8 Å². The lowest BCUT2D eigenvalue weighted by Gasteiger charge is -2.11. The number of nitrogens with zero attached hydrogens (tertiary/aromatic N) is 1. The van der Waals surface area contributed by atoms with Gasteiger partial charge in [-0.1, -0.05) is 13.8 Å². The number of nitro groups is 1. The van der Waals surface area contributed by atoms with Gasteiger partial charge in [0.25, 0.3) is 5.69 Å². The van der Waals surface area contributed by atoms with Crippen LogP contribution in [0.2, 0.25) is 0 Å². The van der Waals surface area contributed by atoms with Crippen LogP contribution in [0, 0.1) is 16.0 Å². The minimum absolute atomic E-state index is 0.0392. The second kappa shape index (κ2) is 5.46. The van der Waals surface area contributed by atoms with Crippen LogP contribution >= 0.6 is 0 Å². The number of benzene rings is 1. The van der Waals surface area contributed by atoms with Gasteiger partial charge in [0.05, 0.1) is 11.5 Å². The maximum atomic E-state index is 10.6. The van der Waals surface area contributed by atoms with Crippen LogP contribution in [0.3, 0.4) is 0 Å². The summed E-state index contributed by atoms with van der Waals surface area (Å²) < 4.78 is 5.52. The molecule has 0 radical (unpaired) electrons. The molecule has 0 atom stereocenters. The molecule has 0 aliphatic rings. The molecule has 16 heavy (non-hydrogen) atoms. The summed E-state index contributed by atoms with van der Waals surface area (Å²) in [5.74, 6) is 1.03. The van der Waals surface area contributed by atoms with Crippen molar-refractivity contribution >= 4 is 5.69 Å². The Hall–Kier alpha value is -1.62. The van der Waals surface area contributed by atoms with E-state index in [-0.39, 0.29) is 12.2 Å². The van der Waals surface area contributed by atoms with Crippen molar-refractivity contribution in [2.75, 3.05) is 6.61 Å². The van der Waals surface area contributed by atoms with E-state index >= 15 is 0 Å². The summed E-state index contributed by atoms with van der Waals surface area (Å²) in [7, 11) is 0. The van der Waals surface area contributed by atoms with Gasteiger partial charge in [0.1, 0.15) is 5.75 Å². The van der Waals surface area contributed by atoms with Crippen LogP contribution in [0.1, 0.15) is 19.4 Å². The molecule has 0 aliphatic carbocycles. The Morgan fingerprint density at radius 1 is 1.50 bits per heavy atom. The highest BCUT2D eigenvalue weighted by Crippen LogP contribution is 2.24. The second-order valence-electron chi connectivity index (χ2n) is 3.96. The molecular weight excluding hydrogens is 208 g/mol. The third-order valence-corrected chi connectivity index (χ3v) is 2.05. The summed E-state index contributed by atoms with van der Waals surface area (Å²) in [6.45, 7) is 4.88. The Kier molecular flexibility index (Phi) is 4.25. The highest BCUT2D eigenvalue weighted by molar-refractivity contribution is 5.43. The third-order valence-electron chi connectivity index (χ3n) is 2.05. The number of hydrogen-bond donors (Lipinski definition) is 1. The van der Waals surface area contributed by atoms with Crippen LogP contribution in [-0.2, 0) is 6.54 Å². The van der Waals surface area contributed by atoms with Gasteiger partial charge in [0.15, 0.2) is 0 Å². The van der Waals surface area contributed by atoms with Crippen molar-refractivity contribution in [1.82, 2.24) is 0 Å². The molecule has 0 heterocycles. The molecule has 5 heteroatoms. The van der Waals surface area contributed by atoms with E-state index in [1.165, 1.54) is 12.1 Å². The second-order valence-corrected chi connectivity index (χ2v) is 3.96. The molecule has 0 saturated heterocycles. The van der Waals surface area contributed by atoms with Crippen molar-refractivity contribution < 1.29 is 9.66 Å². The molecule has 0 spiro atoms. The van der Waals surface area contributed by atoms with Crippen molar-refractivity contribution in [2.24, 2.45) is 11.7 Å². The van der Waals surface area contributed by atoms with Crippen molar-refractivity contribution in [3.8, 4) is 5.75 Å². The van der Waals surface area contributed by atoms with E-state index in [1.807, 2.05) is 13.8 Å². The number of non-ortho nitro benzene ring substituents is 1. The Bertz CT molecular complexity index is 377. The van der Waals surface area contributed by atoms with E-state index in [2.05, 4.69) is 0 Å². The van der Waals surface area contributed by atoms with Gasteiger partial charge < -0.3 is 10.5 Å². The molecule has 1 aromatic rings. The fraction of sp³-hybridized carbons (Fsp3) is 0.455. The number of hydrogen-bond acceptors (Lipinski definition) is 4. The summed E-state index contributed by atoms with van der Waals surface area (Å²) in [4.78, 5) is 10.1. The molecule has 1 rings (SSSR count). The number of rotatable bonds is 5. The Morgan fingerprint density at radius 3 is 2.69 bits per heavy atom. The number of nitro benzene ring substituents is 1. The average Bonchev–Trinajstić information content (AvgIpc) is 2.25. The van der Waals surface area contributed by atoms with E-state index in [9.17, 15) is 10.1 Å². The van der Waals surface area contributed by atoms with Crippen LogP contribution in [0.5, 0.6) is 5.75 Å². The monoisotopic (exact) mass is 224 g/mol. The normalized spacial score (nSPS) is 10.5. The fourth-order valence-electron chi connectivity index (χ4n) is 1.24. The topological polar surface area (TPSA) is 78.4 Å². The van der Waals surface area contributed by atoms with Crippen LogP contribution in [0.4, 0.5) is 5.69 Å². The van der Waals surface area contributed by atoms with E-state index < -0.39 is 4.92 Å². The molecule has 1 aromatic carbocycles. The summed E-state index contributed by atoms with van der Waals surface area (Å²) in [5.41, 5.74) is 6.22. The van der Waals surface area contributed by atoms with Crippen LogP contribution in [0.25, 0.3) is 0 Å². The molecule has 88 valence electrons. The van der Waals surface area contributed by atoms with Crippen LogP contribution < -0.4 is 10.5 Å². The highest BCUT2D eigenvalue weighted by Gasteiger charge is 2.10. The number of ether oxygens (including phenoxy) is 1. The van der Waals surface area contributed by atoms with Crippen LogP contribution in [-0.4, -0.2) is 11.5 Å². The summed E-state index contributed by atoms with van der Waals surface area (Å²) in [5, 5.41) is 10.6. The highest BCUT2D eigenvalue weighted by atomic mass is 16.6. The van der Waals surface area contributed by atoms with Gasteiger partial charge in [-0.3, -0.25) is 10.1 Å². The summed E-state index contributed by atoms with van der Waals surface area (Å²) in [6, 6.07) is 4.48. The predicted octanol–water partition coefficient (Wildman–Crippen LogP) is 2.09. The van der Waals surface area contributed by atoms with Gasteiger partial charge in [-0.05, 0) is 12.0 Å². The van der Waals surface area contributed by atoms with E-state index in [1.54, 1.807) is 6.07 Å². The van der Waals surface area contributed by atoms with Crippen molar-refractivity contribution in [1.29, 1.82) is 0 Å². The lowest BCUT2D eigenvalue weighted by molar-refractivity contribution is -0.384. The lowest BCUT2D eigenvalue weighted by atomic mass is 10.1. The molecule has 0 aromatic heterocycles. The maximum Gasteiger partial charge on any atom is 0.270 e. The molecule has 0 aliphatic heterocycles. The standard InChI is InChI=1S/C11H16N2O3/c1-8(2)7-16-11-4-3-10(13(14)15)5-9(11)6-12/h3-5,8H,6-7,12H2,1-2H3. The van der Waals surface area contributed by atoms with Crippen molar-refractivity contribution in [3.05, 3.63) is 33.9 Å². The third kappa shape index (κ3) is 3.20. The molecule has 5 nitrogen and oxygen atoms in total. The molecule has 2 N–H and O–H groups in total. The largest absolute Gasteiger partial charge is 0.493 e. The lowest BCUT2D eigenvalue weighted by Crippen LogP contribution is -2.08. The van der Waals surface area contributed by atoms with Gasteiger partial charge in [-0.15, -0.1) is 0 Å². The Labute approximate surface area is 94.4 Å². The van der Waals surface area contributed by atoms with Gasteiger partial charge in [-0.25, -0.2) is 0 Å². The summed E-state index contributed by atoms with van der Waals surface area (Å²) in [6.07, 6.45) is 0. The molecule has 0 amide bonds. The van der Waals surface area contributed by atoms with E-state index in [4.69, 9.17) is 10.5 Å². The van der Waals surface area contributed by atoms with Crippen molar-refractivity contribution in [2.45, 2.75) is 20.4 Å². The Morgan fingerprint density at radius 2 is 2.19 bits per heavy atom. The predicted molar refractivity (Wildman–Crippen MR) is 61.3 cm³/mol. The quantitative estimate of drug-likeness (QED) is 0.613. The zero-order valence-corrected chi connectivity index (χ0v) is 9.47. The van der Waals surface area contributed by atoms with Gasteiger partial charge >= 0.3 is 0 Å². The Balaban J connectivity index is 2.89. The zero-order chi connectivity index (χ0) is 12.1. The fourth-order valence-corrected chi connectivity index (χ4v) is 1.24. The molecule has 0 saturated carbocycles. The first kappa shape index (κ1) is 12.4. The smallest absolute Gasteiger partial charge is 0.270 e. The van der Waals surface area contributed by atoms with Crippen LogP contribution in [0.15, 0.2) is 18.2 Å². The van der Waals surface area contributed by atoms with Gasteiger partial charge in [-0.2, -0.15) is 0 Å². The zero-order valence-electron chi connectivity index (χ0n) is 9.47.